The molecule has 0 bridgehead atoms. The van der Waals surface area contributed by atoms with Gasteiger partial charge in [0.2, 0.25) is 0 Å². The molecule has 9 N–H and O–H groups in total. The molecule has 0 rings (SSSR count). The Hall–Kier alpha value is -4.07. The predicted octanol–water partition coefficient (Wildman–Crippen LogP) is 8.77. The van der Waals surface area contributed by atoms with Gasteiger partial charge in [-0.25, -0.2) is 0 Å². The maximum atomic E-state index is 10.3. The maximum absolute atomic E-state index is 10.3. The number of carbonyl (C=O) groups excluding carboxylic acids is 2. The third kappa shape index (κ3) is 74.6. The van der Waals surface area contributed by atoms with Gasteiger partial charge in [-0.05, 0) is 116 Å². The molecule has 0 saturated heterocycles. The SMILES string of the molecule is CC/C=C\C/C=C\C/C=C\C/C=C\C/C=C\CCCC(=O)O.CC/C=C\C/C=C\C/C=C\C/C=C\C/C=C\CCCC(=O)O.[CH2-][C@@H](CCCC[NH3+])C(=O)[O-].[Mg+2].[NH-][C@@H](CCCC[NH3+])C(=O)[O-]. The Labute approximate surface area is 410 Å². The molecule has 0 aliphatic rings. The molecule has 0 spiro atoms. The minimum Gasteiger partial charge on any atom is -0.670 e. The summed E-state index contributed by atoms with van der Waals surface area (Å²) in [5.41, 5.74) is 14.2. The van der Waals surface area contributed by atoms with E-state index >= 15 is 0 Å². The molecule has 0 aromatic carbocycles. The Morgan fingerprint density at radius 2 is 0.754 bits per heavy atom. The number of unbranched alkanes of at least 4 members (excludes halogenated alkanes) is 4. The summed E-state index contributed by atoms with van der Waals surface area (Å²) in [7, 11) is 0. The van der Waals surface area contributed by atoms with E-state index in [9.17, 15) is 29.4 Å². The number of nitrogens with one attached hydrogen (secondary N) is 1. The van der Waals surface area contributed by atoms with Gasteiger partial charge in [0.25, 0.3) is 0 Å². The Morgan fingerprint density at radius 1 is 0.477 bits per heavy atom. The van der Waals surface area contributed by atoms with E-state index in [1.54, 1.807) is 0 Å². The number of hydrogen-bond donors (Lipinski definition) is 4. The number of quaternary nitrogens is 2. The van der Waals surface area contributed by atoms with Crippen molar-refractivity contribution in [3.8, 4) is 0 Å². The summed E-state index contributed by atoms with van der Waals surface area (Å²) in [5.74, 6) is -4.31. The van der Waals surface area contributed by atoms with Crippen LogP contribution in [0.1, 0.15) is 155 Å². The van der Waals surface area contributed by atoms with Crippen LogP contribution < -0.4 is 21.7 Å². The number of allylic oxidation sites excluding steroid dienone is 20. The van der Waals surface area contributed by atoms with Gasteiger partial charge in [0.15, 0.2) is 0 Å². The first-order valence-corrected chi connectivity index (χ1v) is 23.4. The molecule has 0 amide bonds. The van der Waals surface area contributed by atoms with Crippen molar-refractivity contribution in [2.75, 3.05) is 13.1 Å². The van der Waals surface area contributed by atoms with E-state index in [-0.39, 0.29) is 35.9 Å². The van der Waals surface area contributed by atoms with Gasteiger partial charge in [0.05, 0.1) is 13.1 Å². The summed E-state index contributed by atoms with van der Waals surface area (Å²) in [6, 6.07) is -1.05. The zero-order valence-electron chi connectivity index (χ0n) is 40.3. The maximum Gasteiger partial charge on any atom is 2.00 e. The number of aliphatic carboxylic acids is 4. The van der Waals surface area contributed by atoms with Crippen molar-refractivity contribution < 1.29 is 51.1 Å². The summed E-state index contributed by atoms with van der Waals surface area (Å²) >= 11 is 0. The molecule has 364 valence electrons. The fraction of sp³-hybridized carbons (Fsp3) is 0.528. The van der Waals surface area contributed by atoms with Crippen molar-refractivity contribution in [1.82, 2.24) is 0 Å². The average molecular weight is 919 g/mol. The van der Waals surface area contributed by atoms with E-state index in [1.807, 2.05) is 0 Å². The second-order valence-electron chi connectivity index (χ2n) is 14.6. The van der Waals surface area contributed by atoms with E-state index in [4.69, 9.17) is 15.9 Å². The number of carbonyl (C=O) groups is 4. The van der Waals surface area contributed by atoms with Crippen LogP contribution in [0.5, 0.6) is 0 Å². The number of carboxylic acid groups (broad SMARTS) is 4. The molecule has 0 unspecified atom stereocenters. The summed E-state index contributed by atoms with van der Waals surface area (Å²) in [6.07, 6.45) is 61.4. The van der Waals surface area contributed by atoms with E-state index in [0.29, 0.717) is 12.8 Å². The van der Waals surface area contributed by atoms with Crippen LogP contribution in [0.2, 0.25) is 0 Å². The molecule has 2 atom stereocenters. The van der Waals surface area contributed by atoms with Crippen LogP contribution in [0, 0.1) is 12.8 Å². The smallest absolute Gasteiger partial charge is 0.670 e. The largest absolute Gasteiger partial charge is 2.00 e. The van der Waals surface area contributed by atoms with Crippen molar-refractivity contribution in [1.29, 1.82) is 0 Å². The molecule has 0 heterocycles. The third-order valence-electron chi connectivity index (χ3n) is 8.50. The molecule has 11 nitrogen and oxygen atoms in total. The summed E-state index contributed by atoms with van der Waals surface area (Å²) in [4.78, 5) is 40.7. The van der Waals surface area contributed by atoms with Gasteiger partial charge in [-0.3, -0.25) is 9.59 Å². The number of hydrogen-bond acceptors (Lipinski definition) is 6. The Morgan fingerprint density at radius 3 is 1.00 bits per heavy atom. The first-order chi connectivity index (χ1) is 30.9. The number of carboxylic acids is 4. The summed E-state index contributed by atoms with van der Waals surface area (Å²) in [6.45, 7) is 9.38. The van der Waals surface area contributed by atoms with Crippen LogP contribution in [0.15, 0.2) is 122 Å². The summed E-state index contributed by atoms with van der Waals surface area (Å²) in [5, 5.41) is 37.1. The fourth-order valence-electron chi connectivity index (χ4n) is 4.81. The van der Waals surface area contributed by atoms with Crippen LogP contribution in [0.3, 0.4) is 0 Å². The quantitative estimate of drug-likeness (QED) is 0.0205. The standard InChI is InChI=1S/2C20H30O2.C7H14NO2.C6H13N2O2.Mg/c2*1-2-3-4-5-6-7-8-9-10-11-12-13-14-15-16-17-18-19-20(21)22;1-6(7(9)10)4-2-3-5-8;7-4-2-1-3-5(8)6(9)10;/h2*3-4,6-7,9-10,12-13,15-16H,2,5,8,11,14,17-19H2,1H3,(H,21,22);6H,1-5,8H2,(H,9,10);5,8H,1-4,7H2,(H,9,10);/q;;2*-1;+2/b2*4-3-,7-6-,10-9-,13-12-,16-15-;;;/t;;6-;5-;/m..00./s1. The van der Waals surface area contributed by atoms with Gasteiger partial charge >= 0.3 is 35.0 Å². The minimum atomic E-state index is -1.27. The zero-order valence-corrected chi connectivity index (χ0v) is 41.8. The molecule has 12 heteroatoms. The van der Waals surface area contributed by atoms with Gasteiger partial charge in [0.1, 0.15) is 0 Å². The third-order valence-corrected chi connectivity index (χ3v) is 8.50. The van der Waals surface area contributed by atoms with Crippen molar-refractivity contribution in [2.24, 2.45) is 5.92 Å². The Kier molecular flexibility index (Phi) is 66.7. The summed E-state index contributed by atoms with van der Waals surface area (Å²) < 4.78 is 0. The van der Waals surface area contributed by atoms with E-state index < -0.39 is 35.8 Å². The molecule has 0 aromatic heterocycles. The Balaban J connectivity index is -0.000000261. The second kappa shape index (κ2) is 62.0. The van der Waals surface area contributed by atoms with Gasteiger partial charge in [0, 0.05) is 24.8 Å². The topological polar surface area (TPSA) is 234 Å². The molecule has 65 heavy (non-hydrogen) atoms. The molecular weight excluding hydrogens is 831 g/mol. The normalized spacial score (nSPS) is 12.6. The van der Waals surface area contributed by atoms with Gasteiger partial charge in [-0.15, -0.1) is 5.92 Å². The van der Waals surface area contributed by atoms with E-state index in [2.05, 4.69) is 154 Å². The molecule has 0 saturated carbocycles. The second-order valence-corrected chi connectivity index (χ2v) is 14.6. The van der Waals surface area contributed by atoms with Gasteiger partial charge in [-0.1, -0.05) is 154 Å². The van der Waals surface area contributed by atoms with Crippen LogP contribution in [-0.2, 0) is 19.2 Å². The van der Waals surface area contributed by atoms with Crippen LogP contribution >= 0.6 is 0 Å². The minimum absolute atomic E-state index is 0. The van der Waals surface area contributed by atoms with Crippen LogP contribution in [0.25, 0.3) is 5.73 Å². The molecule has 0 fully saturated rings. The van der Waals surface area contributed by atoms with Crippen molar-refractivity contribution in [3.63, 3.8) is 0 Å². The van der Waals surface area contributed by atoms with Crippen LogP contribution in [-0.4, -0.2) is 76.3 Å². The van der Waals surface area contributed by atoms with Gasteiger partial charge < -0.3 is 54.1 Å². The molecule has 0 aromatic rings. The van der Waals surface area contributed by atoms with E-state index in [1.165, 1.54) is 0 Å². The monoisotopic (exact) mass is 918 g/mol. The number of rotatable bonds is 36. The van der Waals surface area contributed by atoms with Crippen LogP contribution in [0.4, 0.5) is 0 Å². The molecular formula is C53H87MgN3O8. The van der Waals surface area contributed by atoms with Crippen molar-refractivity contribution >= 4 is 46.9 Å². The first-order valence-electron chi connectivity index (χ1n) is 23.4. The first kappa shape index (κ1) is 70.0. The fourth-order valence-corrected chi connectivity index (χ4v) is 4.81. The average Bonchev–Trinajstić information content (AvgIpc) is 3.26. The molecule has 0 aliphatic heterocycles. The van der Waals surface area contributed by atoms with E-state index in [0.717, 1.165) is 129 Å². The Bertz CT molecular complexity index is 1290. The van der Waals surface area contributed by atoms with Gasteiger partial charge in [-0.2, -0.15) is 0 Å². The molecule has 0 radical (unpaired) electrons. The molecule has 0 aliphatic carbocycles. The van der Waals surface area contributed by atoms with Crippen molar-refractivity contribution in [2.45, 2.75) is 161 Å². The van der Waals surface area contributed by atoms with Crippen molar-refractivity contribution in [3.05, 3.63) is 134 Å². The zero-order chi connectivity index (χ0) is 48.6. The predicted molar refractivity (Wildman–Crippen MR) is 268 cm³/mol.